The summed E-state index contributed by atoms with van der Waals surface area (Å²) in [5, 5.41) is 6.55. The molecule has 2 aliphatic rings. The third-order valence-electron chi connectivity index (χ3n) is 5.14. The zero-order chi connectivity index (χ0) is 15.7. The number of amides is 1. The van der Waals surface area contributed by atoms with Gasteiger partial charge in [0.05, 0.1) is 17.6 Å². The molecule has 1 saturated carbocycles. The summed E-state index contributed by atoms with van der Waals surface area (Å²) in [5.41, 5.74) is 1.37. The summed E-state index contributed by atoms with van der Waals surface area (Å²) in [6.07, 6.45) is 3.32. The summed E-state index contributed by atoms with van der Waals surface area (Å²) >= 11 is 3.50. The van der Waals surface area contributed by atoms with Gasteiger partial charge in [0.2, 0.25) is 5.91 Å². The van der Waals surface area contributed by atoms with Gasteiger partial charge in [0.15, 0.2) is 0 Å². The van der Waals surface area contributed by atoms with Crippen LogP contribution in [0, 0.1) is 11.3 Å². The fourth-order valence-corrected chi connectivity index (χ4v) is 4.10. The minimum Gasteiger partial charge on any atom is -0.496 e. The van der Waals surface area contributed by atoms with E-state index in [0.717, 1.165) is 48.1 Å². The molecule has 2 atom stereocenters. The number of carbonyl (C=O) groups excluding carboxylic acids is 1. The molecular weight excluding hydrogens is 380 g/mol. The van der Waals surface area contributed by atoms with Gasteiger partial charge in [-0.2, -0.15) is 0 Å². The Morgan fingerprint density at radius 1 is 1.43 bits per heavy atom. The summed E-state index contributed by atoms with van der Waals surface area (Å²) in [4.78, 5) is 12.5. The van der Waals surface area contributed by atoms with Crippen LogP contribution in [-0.2, 0) is 4.79 Å². The third-order valence-corrected chi connectivity index (χ3v) is 5.76. The number of methoxy groups -OCH3 is 1. The summed E-state index contributed by atoms with van der Waals surface area (Å²) in [7, 11) is 1.65. The number of rotatable bonds is 4. The fraction of sp³-hybridized carbons (Fsp3) is 0.588. The zero-order valence-corrected chi connectivity index (χ0v) is 15.9. The first-order valence-corrected chi connectivity index (χ1v) is 8.69. The van der Waals surface area contributed by atoms with Crippen molar-refractivity contribution >= 4 is 34.2 Å². The van der Waals surface area contributed by atoms with Crippen LogP contribution >= 0.6 is 28.3 Å². The molecular formula is C17H24BrClN2O2. The summed E-state index contributed by atoms with van der Waals surface area (Å²) < 4.78 is 6.16. The Balaban J connectivity index is 0.00000192. The smallest absolute Gasteiger partial charge is 0.224 e. The lowest BCUT2D eigenvalue weighted by Gasteiger charge is -2.24. The standard InChI is InChI=1S/C17H23BrN2O2.ClH/c1-11(12-3-4-15(22-2)14(18)9-12)20-16(21)13-10-17(13)5-7-19-8-6-17;/h3-4,9,11,13,19H,5-8,10H2,1-2H3,(H,20,21);1H. The van der Waals surface area contributed by atoms with Gasteiger partial charge in [-0.1, -0.05) is 6.07 Å². The van der Waals surface area contributed by atoms with Crippen LogP contribution in [0.1, 0.15) is 37.8 Å². The van der Waals surface area contributed by atoms with Gasteiger partial charge in [0, 0.05) is 5.92 Å². The predicted molar refractivity (Wildman–Crippen MR) is 97.1 cm³/mol. The first kappa shape index (κ1) is 18.6. The highest BCUT2D eigenvalue weighted by Gasteiger charge is 2.57. The molecule has 1 saturated heterocycles. The molecule has 1 spiro atoms. The van der Waals surface area contributed by atoms with Crippen molar-refractivity contribution in [3.63, 3.8) is 0 Å². The van der Waals surface area contributed by atoms with Gasteiger partial charge in [0.25, 0.3) is 0 Å². The molecule has 3 rings (SSSR count). The molecule has 6 heteroatoms. The van der Waals surface area contributed by atoms with E-state index < -0.39 is 0 Å². The number of carbonyl (C=O) groups is 1. The number of hydrogen-bond acceptors (Lipinski definition) is 3. The minimum absolute atomic E-state index is 0. The Bertz CT molecular complexity index is 576. The van der Waals surface area contributed by atoms with Crippen LogP contribution in [0.5, 0.6) is 5.75 Å². The van der Waals surface area contributed by atoms with Crippen LogP contribution < -0.4 is 15.4 Å². The van der Waals surface area contributed by atoms with E-state index in [9.17, 15) is 4.79 Å². The quantitative estimate of drug-likeness (QED) is 0.809. The molecule has 0 radical (unpaired) electrons. The highest BCUT2D eigenvalue weighted by molar-refractivity contribution is 9.10. The maximum absolute atomic E-state index is 12.5. The maximum atomic E-state index is 12.5. The lowest BCUT2D eigenvalue weighted by atomic mass is 9.91. The molecule has 1 aromatic carbocycles. The lowest BCUT2D eigenvalue weighted by molar-refractivity contribution is -0.123. The molecule has 1 aliphatic carbocycles. The van der Waals surface area contributed by atoms with Gasteiger partial charge in [-0.25, -0.2) is 0 Å². The molecule has 1 heterocycles. The Morgan fingerprint density at radius 2 is 2.13 bits per heavy atom. The number of benzene rings is 1. The summed E-state index contributed by atoms with van der Waals surface area (Å²) in [6.45, 7) is 4.12. The van der Waals surface area contributed by atoms with E-state index in [1.54, 1.807) is 7.11 Å². The molecule has 0 aromatic heterocycles. The van der Waals surface area contributed by atoms with Crippen LogP contribution in [0.25, 0.3) is 0 Å². The second-order valence-electron chi connectivity index (χ2n) is 6.49. The SMILES string of the molecule is COc1ccc(C(C)NC(=O)C2CC23CCNCC3)cc1Br.Cl. The van der Waals surface area contributed by atoms with Crippen molar-refractivity contribution in [1.82, 2.24) is 10.6 Å². The van der Waals surface area contributed by atoms with E-state index in [0.29, 0.717) is 0 Å². The number of piperidine rings is 1. The van der Waals surface area contributed by atoms with Gasteiger partial charge in [-0.15, -0.1) is 12.4 Å². The first-order valence-electron chi connectivity index (χ1n) is 7.90. The molecule has 1 aliphatic heterocycles. The number of ether oxygens (including phenoxy) is 1. The van der Waals surface area contributed by atoms with Crippen LogP contribution in [0.4, 0.5) is 0 Å². The molecule has 2 fully saturated rings. The maximum Gasteiger partial charge on any atom is 0.224 e. The molecule has 1 amide bonds. The van der Waals surface area contributed by atoms with Gasteiger partial charge in [-0.05, 0) is 78.3 Å². The van der Waals surface area contributed by atoms with E-state index in [-0.39, 0.29) is 35.7 Å². The van der Waals surface area contributed by atoms with E-state index >= 15 is 0 Å². The van der Waals surface area contributed by atoms with E-state index in [1.807, 2.05) is 25.1 Å². The number of halogens is 2. The molecule has 2 N–H and O–H groups in total. The molecule has 1 aromatic rings. The van der Waals surface area contributed by atoms with Crippen LogP contribution in [0.15, 0.2) is 22.7 Å². The van der Waals surface area contributed by atoms with E-state index in [1.165, 1.54) is 0 Å². The monoisotopic (exact) mass is 402 g/mol. The van der Waals surface area contributed by atoms with Crippen molar-refractivity contribution < 1.29 is 9.53 Å². The molecule has 4 nitrogen and oxygen atoms in total. The largest absolute Gasteiger partial charge is 0.496 e. The Labute approximate surface area is 152 Å². The van der Waals surface area contributed by atoms with E-state index in [4.69, 9.17) is 4.74 Å². The van der Waals surface area contributed by atoms with Crippen molar-refractivity contribution in [1.29, 1.82) is 0 Å². The normalized spacial score (nSPS) is 22.8. The molecule has 0 bridgehead atoms. The molecule has 2 unspecified atom stereocenters. The molecule has 128 valence electrons. The van der Waals surface area contributed by atoms with Crippen molar-refractivity contribution in [2.24, 2.45) is 11.3 Å². The predicted octanol–water partition coefficient (Wildman–Crippen LogP) is 3.45. The second-order valence-corrected chi connectivity index (χ2v) is 7.35. The Morgan fingerprint density at radius 3 is 2.74 bits per heavy atom. The average Bonchev–Trinajstić information content (AvgIpc) is 3.21. The summed E-state index contributed by atoms with van der Waals surface area (Å²) in [6, 6.07) is 5.95. The number of hydrogen-bond donors (Lipinski definition) is 2. The first-order chi connectivity index (χ1) is 10.6. The second kappa shape index (κ2) is 7.41. The topological polar surface area (TPSA) is 50.4 Å². The highest BCUT2D eigenvalue weighted by Crippen LogP contribution is 2.58. The van der Waals surface area contributed by atoms with Gasteiger partial charge < -0.3 is 15.4 Å². The minimum atomic E-state index is 0. The lowest BCUT2D eigenvalue weighted by Crippen LogP contribution is -2.34. The number of nitrogens with one attached hydrogen (secondary N) is 2. The van der Waals surface area contributed by atoms with Crippen molar-refractivity contribution in [3.05, 3.63) is 28.2 Å². The van der Waals surface area contributed by atoms with Gasteiger partial charge in [-0.3, -0.25) is 4.79 Å². The summed E-state index contributed by atoms with van der Waals surface area (Å²) in [5.74, 6) is 1.22. The van der Waals surface area contributed by atoms with Crippen molar-refractivity contribution in [2.75, 3.05) is 20.2 Å². The van der Waals surface area contributed by atoms with Crippen LogP contribution in [0.3, 0.4) is 0 Å². The zero-order valence-electron chi connectivity index (χ0n) is 13.5. The fourth-order valence-electron chi connectivity index (χ4n) is 3.54. The van der Waals surface area contributed by atoms with Crippen molar-refractivity contribution in [3.8, 4) is 5.75 Å². The van der Waals surface area contributed by atoms with Crippen LogP contribution in [0.2, 0.25) is 0 Å². The Hall–Kier alpha value is -0.780. The van der Waals surface area contributed by atoms with Crippen LogP contribution in [-0.4, -0.2) is 26.1 Å². The average molecular weight is 404 g/mol. The van der Waals surface area contributed by atoms with Gasteiger partial charge >= 0.3 is 0 Å². The molecule has 23 heavy (non-hydrogen) atoms. The van der Waals surface area contributed by atoms with E-state index in [2.05, 4.69) is 26.6 Å². The third kappa shape index (κ3) is 3.83. The Kier molecular flexibility index (Phi) is 5.98. The van der Waals surface area contributed by atoms with Crippen molar-refractivity contribution in [2.45, 2.75) is 32.2 Å². The highest BCUT2D eigenvalue weighted by atomic mass is 79.9. The van der Waals surface area contributed by atoms with Gasteiger partial charge in [0.1, 0.15) is 5.75 Å².